The summed E-state index contributed by atoms with van der Waals surface area (Å²) < 4.78 is 72.1. The highest BCUT2D eigenvalue weighted by Gasteiger charge is 2.38. The lowest BCUT2D eigenvalue weighted by molar-refractivity contribution is -0.173. The Morgan fingerprint density at radius 1 is 1.06 bits per heavy atom. The molecule has 9 heteroatoms. The van der Waals surface area contributed by atoms with E-state index in [1.54, 1.807) is 5.43 Å². The van der Waals surface area contributed by atoms with Crippen molar-refractivity contribution in [2.75, 3.05) is 5.43 Å². The summed E-state index contributed by atoms with van der Waals surface area (Å²) in [4.78, 5) is 10.4. The zero-order chi connectivity index (χ0) is 14.0. The van der Waals surface area contributed by atoms with Crippen molar-refractivity contribution < 1.29 is 31.1 Å². The molecule has 2 N–H and O–H groups in total. The lowest BCUT2D eigenvalue weighted by Crippen LogP contribution is -2.40. The van der Waals surface area contributed by atoms with Gasteiger partial charge >= 0.3 is 18.3 Å². The van der Waals surface area contributed by atoms with Crippen LogP contribution in [0.25, 0.3) is 0 Å². The lowest BCUT2D eigenvalue weighted by Gasteiger charge is -2.12. The average molecular weight is 272 g/mol. The topological polar surface area (TPSA) is 41.1 Å². The predicted octanol–water partition coefficient (Wildman–Crippen LogP) is 2.71. The minimum absolute atomic E-state index is 0.317. The van der Waals surface area contributed by atoms with E-state index in [2.05, 4.69) is 0 Å². The molecule has 0 radical (unpaired) electrons. The molecular weight excluding hydrogens is 266 g/mol. The fourth-order valence-corrected chi connectivity index (χ4v) is 0.973. The van der Waals surface area contributed by atoms with Crippen molar-refractivity contribution in [2.45, 2.75) is 12.4 Å². The first-order valence-corrected chi connectivity index (χ1v) is 4.41. The first kappa shape index (κ1) is 14.1. The molecule has 0 aromatic heterocycles. The largest absolute Gasteiger partial charge is 0.472 e. The number of nitrogens with one attached hydrogen (secondary N) is 2. The minimum Gasteiger partial charge on any atom is -0.298 e. The molecule has 0 spiro atoms. The molecule has 1 rings (SSSR count). The number of anilines is 1. The Labute approximate surface area is 96.8 Å². The molecule has 0 bridgehead atoms. The molecule has 1 amide bonds. The van der Waals surface area contributed by atoms with E-state index >= 15 is 0 Å². The summed E-state index contributed by atoms with van der Waals surface area (Å²) in [7, 11) is 0. The number of rotatable bonds is 2. The third-order valence-corrected chi connectivity index (χ3v) is 1.77. The van der Waals surface area contributed by atoms with Gasteiger partial charge in [0.2, 0.25) is 0 Å². The maximum absolute atomic E-state index is 12.3. The second-order valence-electron chi connectivity index (χ2n) is 3.16. The lowest BCUT2D eigenvalue weighted by atomic mass is 10.2. The molecule has 3 nitrogen and oxygen atoms in total. The van der Waals surface area contributed by atoms with E-state index in [-0.39, 0.29) is 5.69 Å². The SMILES string of the molecule is O=C(NNc1cccc(C(F)(F)F)c1)C(F)(F)F. The Balaban J connectivity index is 2.73. The van der Waals surface area contributed by atoms with Gasteiger partial charge in [0.15, 0.2) is 0 Å². The normalized spacial score (nSPS) is 12.1. The zero-order valence-corrected chi connectivity index (χ0v) is 8.49. The smallest absolute Gasteiger partial charge is 0.298 e. The summed E-state index contributed by atoms with van der Waals surface area (Å²) in [6.45, 7) is 0. The van der Waals surface area contributed by atoms with Crippen LogP contribution in [0.15, 0.2) is 24.3 Å². The maximum atomic E-state index is 12.3. The molecule has 0 aliphatic heterocycles. The van der Waals surface area contributed by atoms with E-state index in [4.69, 9.17) is 0 Å². The van der Waals surface area contributed by atoms with E-state index in [0.717, 1.165) is 18.2 Å². The molecule has 0 aliphatic rings. The minimum atomic E-state index is -5.12. The molecule has 0 saturated heterocycles. The number of hydrazine groups is 1. The van der Waals surface area contributed by atoms with Gasteiger partial charge in [-0.1, -0.05) is 6.07 Å². The molecule has 0 aliphatic carbocycles. The molecule has 0 saturated carbocycles. The van der Waals surface area contributed by atoms with Crippen LogP contribution in [0.1, 0.15) is 5.56 Å². The summed E-state index contributed by atoms with van der Waals surface area (Å²) in [5, 5.41) is 0. The van der Waals surface area contributed by atoms with Crippen LogP contribution < -0.4 is 10.9 Å². The molecule has 0 fully saturated rings. The van der Waals surface area contributed by atoms with Gasteiger partial charge in [-0.05, 0) is 18.2 Å². The van der Waals surface area contributed by atoms with Crippen molar-refractivity contribution in [3.8, 4) is 0 Å². The van der Waals surface area contributed by atoms with Gasteiger partial charge in [-0.2, -0.15) is 26.3 Å². The molecule has 0 heterocycles. The van der Waals surface area contributed by atoms with E-state index in [1.807, 2.05) is 0 Å². The van der Waals surface area contributed by atoms with Gasteiger partial charge in [0.05, 0.1) is 11.3 Å². The molecule has 1 aromatic rings. The second kappa shape index (κ2) is 4.75. The van der Waals surface area contributed by atoms with Gasteiger partial charge in [-0.3, -0.25) is 15.6 Å². The highest BCUT2D eigenvalue weighted by Crippen LogP contribution is 2.30. The van der Waals surface area contributed by atoms with E-state index < -0.39 is 23.8 Å². The van der Waals surface area contributed by atoms with Crippen molar-refractivity contribution >= 4 is 11.6 Å². The van der Waals surface area contributed by atoms with Crippen LogP contribution in [0.3, 0.4) is 0 Å². The van der Waals surface area contributed by atoms with Gasteiger partial charge in [-0.25, -0.2) is 0 Å². The van der Waals surface area contributed by atoms with Crippen molar-refractivity contribution in [1.29, 1.82) is 0 Å². The Morgan fingerprint density at radius 2 is 1.67 bits per heavy atom. The number of benzene rings is 1. The van der Waals surface area contributed by atoms with E-state index in [1.165, 1.54) is 5.43 Å². The summed E-state index contributed by atoms with van der Waals surface area (Å²) in [5.74, 6) is -2.31. The Hall–Kier alpha value is -1.93. The number of halogens is 6. The summed E-state index contributed by atoms with van der Waals surface area (Å²) in [6, 6.07) is 3.38. The fourth-order valence-electron chi connectivity index (χ4n) is 0.973. The first-order valence-electron chi connectivity index (χ1n) is 4.41. The van der Waals surface area contributed by atoms with E-state index in [0.29, 0.717) is 6.07 Å². The molecule has 18 heavy (non-hydrogen) atoms. The van der Waals surface area contributed by atoms with Crippen molar-refractivity contribution in [2.24, 2.45) is 0 Å². The van der Waals surface area contributed by atoms with Crippen LogP contribution in [0.5, 0.6) is 0 Å². The molecule has 1 aromatic carbocycles. The Morgan fingerprint density at radius 3 is 2.17 bits per heavy atom. The Kier molecular flexibility index (Phi) is 3.73. The standard InChI is InChI=1S/C9H6F6N2O/c10-8(11,12)5-2-1-3-6(4-5)16-17-7(18)9(13,14)15/h1-4,16H,(H,17,18). The Bertz CT molecular complexity index is 439. The molecule has 0 atom stereocenters. The molecular formula is C9H6F6N2O. The number of amides is 1. The predicted molar refractivity (Wildman–Crippen MR) is 49.3 cm³/mol. The van der Waals surface area contributed by atoms with Crippen molar-refractivity contribution in [3.05, 3.63) is 29.8 Å². The van der Waals surface area contributed by atoms with Crippen molar-refractivity contribution in [1.82, 2.24) is 5.43 Å². The number of hydrogen-bond acceptors (Lipinski definition) is 2. The number of carbonyl (C=O) groups excluding carboxylic acids is 1. The number of alkyl halides is 6. The van der Waals surface area contributed by atoms with E-state index in [9.17, 15) is 31.1 Å². The van der Waals surface area contributed by atoms with Crippen LogP contribution in [0.4, 0.5) is 32.0 Å². The van der Waals surface area contributed by atoms with Crippen LogP contribution in [-0.2, 0) is 11.0 Å². The first-order chi connectivity index (χ1) is 8.10. The summed E-state index contributed by atoms with van der Waals surface area (Å²) in [5.41, 5.74) is 1.62. The fraction of sp³-hybridized carbons (Fsp3) is 0.222. The van der Waals surface area contributed by atoms with Gasteiger partial charge in [0, 0.05) is 0 Å². The van der Waals surface area contributed by atoms with Gasteiger partial charge in [0.1, 0.15) is 0 Å². The number of hydrogen-bond donors (Lipinski definition) is 2. The van der Waals surface area contributed by atoms with Gasteiger partial charge in [0.25, 0.3) is 0 Å². The van der Waals surface area contributed by atoms with Crippen LogP contribution in [-0.4, -0.2) is 12.1 Å². The third kappa shape index (κ3) is 3.82. The van der Waals surface area contributed by atoms with Crippen LogP contribution in [0.2, 0.25) is 0 Å². The van der Waals surface area contributed by atoms with Gasteiger partial charge < -0.3 is 0 Å². The molecule has 100 valence electrons. The third-order valence-electron chi connectivity index (χ3n) is 1.77. The second-order valence-corrected chi connectivity index (χ2v) is 3.16. The monoisotopic (exact) mass is 272 g/mol. The van der Waals surface area contributed by atoms with Crippen LogP contribution in [0, 0.1) is 0 Å². The molecule has 0 unspecified atom stereocenters. The highest BCUT2D eigenvalue weighted by molar-refractivity contribution is 5.82. The highest BCUT2D eigenvalue weighted by atomic mass is 19.4. The average Bonchev–Trinajstić information content (AvgIpc) is 2.23. The maximum Gasteiger partial charge on any atom is 0.472 e. The quantitative estimate of drug-likeness (QED) is 0.642. The number of carbonyl (C=O) groups is 1. The zero-order valence-electron chi connectivity index (χ0n) is 8.49. The van der Waals surface area contributed by atoms with Crippen molar-refractivity contribution in [3.63, 3.8) is 0 Å². The summed E-state index contributed by atoms with van der Waals surface area (Å²) >= 11 is 0. The van der Waals surface area contributed by atoms with Gasteiger partial charge in [-0.15, -0.1) is 0 Å². The van der Waals surface area contributed by atoms with Crippen LogP contribution >= 0.6 is 0 Å². The summed E-state index contributed by atoms with van der Waals surface area (Å²) in [6.07, 6.45) is -9.74.